The van der Waals surface area contributed by atoms with Crippen molar-refractivity contribution in [3.8, 4) is 17.3 Å². The zero-order valence-electron chi connectivity index (χ0n) is 18.5. The highest BCUT2D eigenvalue weighted by Gasteiger charge is 2.30. The van der Waals surface area contributed by atoms with Gasteiger partial charge in [0, 0.05) is 24.3 Å². The number of nitrogens with two attached hydrogens (primary N) is 1. The number of aromatic nitrogens is 2. The van der Waals surface area contributed by atoms with Crippen LogP contribution in [0.4, 0.5) is 20.3 Å². The van der Waals surface area contributed by atoms with Crippen LogP contribution in [0.3, 0.4) is 0 Å². The Kier molecular flexibility index (Phi) is 5.77. The van der Waals surface area contributed by atoms with Gasteiger partial charge in [-0.2, -0.15) is 5.26 Å². The van der Waals surface area contributed by atoms with Crippen LogP contribution in [0.5, 0.6) is 0 Å². The summed E-state index contributed by atoms with van der Waals surface area (Å²) in [6, 6.07) is 12.2. The van der Waals surface area contributed by atoms with Gasteiger partial charge in [-0.1, -0.05) is 6.58 Å². The summed E-state index contributed by atoms with van der Waals surface area (Å²) in [6.07, 6.45) is 0. The summed E-state index contributed by atoms with van der Waals surface area (Å²) >= 11 is 0. The molecule has 0 radical (unpaired) electrons. The molecule has 0 unspecified atom stereocenters. The van der Waals surface area contributed by atoms with Crippen LogP contribution in [0, 0.1) is 23.0 Å². The molecule has 3 aromatic rings. The second kappa shape index (κ2) is 8.55. The molecule has 6 nitrogen and oxygen atoms in total. The Labute approximate surface area is 191 Å². The fraction of sp³-hybridized carbons (Fsp3) is 0.240. The van der Waals surface area contributed by atoms with E-state index in [1.54, 1.807) is 18.2 Å². The highest BCUT2D eigenvalue weighted by Crippen LogP contribution is 2.34. The third-order valence-electron chi connectivity index (χ3n) is 5.53. The van der Waals surface area contributed by atoms with E-state index in [2.05, 4.69) is 22.5 Å². The van der Waals surface area contributed by atoms with Gasteiger partial charge in [0.1, 0.15) is 35.0 Å². The molecule has 1 aromatic heterocycles. The van der Waals surface area contributed by atoms with Gasteiger partial charge in [-0.3, -0.25) is 0 Å². The minimum atomic E-state index is -0.612. The lowest BCUT2D eigenvalue weighted by atomic mass is 10.0. The van der Waals surface area contributed by atoms with E-state index >= 15 is 0 Å². The topological polar surface area (TPSA) is 82.9 Å². The van der Waals surface area contributed by atoms with Crippen LogP contribution in [0.1, 0.15) is 25.2 Å². The van der Waals surface area contributed by atoms with Crippen molar-refractivity contribution in [2.24, 2.45) is 5.73 Å². The predicted molar refractivity (Wildman–Crippen MR) is 123 cm³/mol. The van der Waals surface area contributed by atoms with E-state index < -0.39 is 11.4 Å². The molecule has 4 rings (SSSR count). The van der Waals surface area contributed by atoms with E-state index in [1.165, 1.54) is 24.3 Å². The van der Waals surface area contributed by atoms with Gasteiger partial charge in [0.15, 0.2) is 0 Å². The lowest BCUT2D eigenvalue weighted by Gasteiger charge is -2.36. The molecule has 0 bridgehead atoms. The fourth-order valence-corrected chi connectivity index (χ4v) is 4.03. The molecule has 1 aliphatic rings. The van der Waals surface area contributed by atoms with Gasteiger partial charge < -0.3 is 20.5 Å². The fourth-order valence-electron chi connectivity index (χ4n) is 4.03. The quantitative estimate of drug-likeness (QED) is 0.557. The third kappa shape index (κ3) is 4.37. The molecule has 33 heavy (non-hydrogen) atoms. The van der Waals surface area contributed by atoms with E-state index in [1.807, 2.05) is 24.5 Å². The number of benzene rings is 2. The molecule has 168 valence electrons. The first-order chi connectivity index (χ1) is 15.7. The van der Waals surface area contributed by atoms with Gasteiger partial charge in [0.2, 0.25) is 0 Å². The van der Waals surface area contributed by atoms with E-state index in [0.717, 1.165) is 17.1 Å². The zero-order valence-corrected chi connectivity index (χ0v) is 18.5. The number of hydrogen-bond donors (Lipinski definition) is 2. The number of hydrogen-bond acceptors (Lipinski definition) is 5. The number of anilines is 2. The Morgan fingerprint density at radius 3 is 2.55 bits per heavy atom. The predicted octanol–water partition coefficient (Wildman–Crippen LogP) is 4.67. The number of rotatable bonds is 5. The maximum absolute atomic E-state index is 13.8. The molecule has 3 N–H and O–H groups in total. The van der Waals surface area contributed by atoms with Crippen molar-refractivity contribution < 1.29 is 8.78 Å². The highest BCUT2D eigenvalue weighted by molar-refractivity contribution is 5.77. The van der Waals surface area contributed by atoms with E-state index in [0.29, 0.717) is 36.8 Å². The van der Waals surface area contributed by atoms with Crippen LogP contribution in [0.2, 0.25) is 0 Å². The molecule has 0 amide bonds. The standard InChI is InChI=1S/C25H24F2N6/c1-4-21(25(2,3)29)32-11-12-33-22(15-32)31-23(16-5-7-18(26)8-6-16)24(33)30-19-9-10-20(27)17(13-19)14-28/h5-10,13,30H,1,11-12,15,29H2,2-3H3. The van der Waals surface area contributed by atoms with Gasteiger partial charge in [-0.15, -0.1) is 5.73 Å². The van der Waals surface area contributed by atoms with E-state index in [4.69, 9.17) is 10.7 Å². The maximum atomic E-state index is 13.8. The van der Waals surface area contributed by atoms with Crippen LogP contribution in [-0.4, -0.2) is 26.5 Å². The molecular weight excluding hydrogens is 422 g/mol. The first-order valence-corrected chi connectivity index (χ1v) is 10.5. The lowest BCUT2D eigenvalue weighted by Crippen LogP contribution is -2.45. The highest BCUT2D eigenvalue weighted by atomic mass is 19.1. The average molecular weight is 447 g/mol. The molecule has 0 fully saturated rings. The minimum Gasteiger partial charge on any atom is -0.358 e. The number of fused-ring (bicyclic) bond motifs is 1. The van der Waals surface area contributed by atoms with E-state index in [9.17, 15) is 14.0 Å². The molecular formula is C25H24F2N6. The van der Waals surface area contributed by atoms with Gasteiger partial charge in [-0.25, -0.2) is 13.8 Å². The molecule has 0 atom stereocenters. The monoisotopic (exact) mass is 446 g/mol. The van der Waals surface area contributed by atoms with Crippen LogP contribution in [0.15, 0.2) is 60.5 Å². The number of halogens is 2. The SMILES string of the molecule is C=C=C(N1CCn2c(nc(-c3ccc(F)cc3)c2Nc2ccc(F)c(C#N)c2)C1)C(C)(C)N. The van der Waals surface area contributed by atoms with Gasteiger partial charge >= 0.3 is 0 Å². The lowest BCUT2D eigenvalue weighted by molar-refractivity contribution is 0.242. The Morgan fingerprint density at radius 1 is 1.18 bits per heavy atom. The normalized spacial score (nSPS) is 13.2. The Hall–Kier alpha value is -3.92. The third-order valence-corrected chi connectivity index (χ3v) is 5.53. The smallest absolute Gasteiger partial charge is 0.141 e. The van der Waals surface area contributed by atoms with Crippen molar-refractivity contribution in [3.63, 3.8) is 0 Å². The van der Waals surface area contributed by atoms with Gasteiger partial charge in [0.05, 0.1) is 23.3 Å². The van der Waals surface area contributed by atoms with Crippen LogP contribution in [-0.2, 0) is 13.1 Å². The van der Waals surface area contributed by atoms with Crippen LogP contribution in [0.25, 0.3) is 11.3 Å². The number of nitriles is 1. The summed E-state index contributed by atoms with van der Waals surface area (Å²) in [5.41, 5.74) is 11.3. The Bertz CT molecular complexity index is 1290. The molecule has 0 saturated heterocycles. The summed E-state index contributed by atoms with van der Waals surface area (Å²) in [6.45, 7) is 9.35. The zero-order chi connectivity index (χ0) is 23.8. The minimum absolute atomic E-state index is 0.0566. The summed E-state index contributed by atoms with van der Waals surface area (Å²) in [4.78, 5) is 6.95. The van der Waals surface area contributed by atoms with E-state index in [-0.39, 0.29) is 11.4 Å². The Balaban J connectivity index is 1.78. The second-order valence-corrected chi connectivity index (χ2v) is 8.48. The van der Waals surface area contributed by atoms with Crippen LogP contribution >= 0.6 is 0 Å². The first-order valence-electron chi connectivity index (χ1n) is 10.5. The van der Waals surface area contributed by atoms with Crippen molar-refractivity contribution in [1.29, 1.82) is 5.26 Å². The van der Waals surface area contributed by atoms with Crippen LogP contribution < -0.4 is 11.1 Å². The maximum Gasteiger partial charge on any atom is 0.141 e. The first kappa shape index (κ1) is 22.3. The molecule has 2 aromatic carbocycles. The van der Waals surface area contributed by atoms with Crippen molar-refractivity contribution in [3.05, 3.63) is 83.5 Å². The number of nitrogens with zero attached hydrogens (tertiary/aromatic N) is 4. The van der Waals surface area contributed by atoms with Crippen molar-refractivity contribution in [2.45, 2.75) is 32.5 Å². The van der Waals surface area contributed by atoms with Gasteiger partial charge in [0.25, 0.3) is 0 Å². The molecule has 8 heteroatoms. The van der Waals surface area contributed by atoms with Crippen molar-refractivity contribution in [2.75, 3.05) is 11.9 Å². The second-order valence-electron chi connectivity index (χ2n) is 8.48. The summed E-state index contributed by atoms with van der Waals surface area (Å²) in [5, 5.41) is 12.5. The number of nitrogens with one attached hydrogen (secondary N) is 1. The van der Waals surface area contributed by atoms with Crippen molar-refractivity contribution in [1.82, 2.24) is 14.5 Å². The molecule has 0 saturated carbocycles. The largest absolute Gasteiger partial charge is 0.358 e. The summed E-state index contributed by atoms with van der Waals surface area (Å²) < 4.78 is 29.4. The molecule has 0 spiro atoms. The summed E-state index contributed by atoms with van der Waals surface area (Å²) in [5.74, 6) is 0.540. The number of imidazole rings is 1. The average Bonchev–Trinajstić information content (AvgIpc) is 3.12. The summed E-state index contributed by atoms with van der Waals surface area (Å²) in [7, 11) is 0. The molecule has 2 heterocycles. The molecule has 1 aliphatic heterocycles. The Morgan fingerprint density at radius 2 is 1.91 bits per heavy atom. The molecule has 0 aliphatic carbocycles. The van der Waals surface area contributed by atoms with Crippen molar-refractivity contribution >= 4 is 11.5 Å². The van der Waals surface area contributed by atoms with Gasteiger partial charge in [-0.05, 0) is 56.3 Å².